The number of amides is 1. The molecule has 134 valence electrons. The Morgan fingerprint density at radius 1 is 1.31 bits per heavy atom. The first-order valence-corrected chi connectivity index (χ1v) is 8.62. The van der Waals surface area contributed by atoms with Crippen LogP contribution < -0.4 is 10.9 Å². The number of nitrogens with one attached hydrogen (secondary N) is 2. The third-order valence-electron chi connectivity index (χ3n) is 4.47. The van der Waals surface area contributed by atoms with Crippen LogP contribution in [0.5, 0.6) is 0 Å². The van der Waals surface area contributed by atoms with E-state index in [-0.39, 0.29) is 23.6 Å². The van der Waals surface area contributed by atoms with Gasteiger partial charge in [-0.15, -0.1) is 0 Å². The van der Waals surface area contributed by atoms with Crippen molar-refractivity contribution in [2.75, 3.05) is 13.2 Å². The van der Waals surface area contributed by atoms with Gasteiger partial charge in [0.1, 0.15) is 11.7 Å². The molecule has 1 aliphatic heterocycles. The Hall–Kier alpha value is -2.64. The Labute approximate surface area is 153 Å². The normalized spacial score (nSPS) is 19.8. The summed E-state index contributed by atoms with van der Waals surface area (Å²) in [6.45, 7) is 2.46. The van der Waals surface area contributed by atoms with Gasteiger partial charge in [0.15, 0.2) is 0 Å². The average Bonchev–Trinajstić information content (AvgIpc) is 3.23. The van der Waals surface area contributed by atoms with Gasteiger partial charge in [0.05, 0.1) is 24.9 Å². The van der Waals surface area contributed by atoms with E-state index >= 15 is 0 Å². The number of nitrogens with zero attached hydrogens (tertiary/aromatic N) is 2. The van der Waals surface area contributed by atoms with Gasteiger partial charge in [-0.2, -0.15) is 5.10 Å². The molecule has 0 spiro atoms. The zero-order valence-electron chi connectivity index (χ0n) is 14.0. The number of hydrogen-bond acceptors (Lipinski definition) is 4. The molecule has 26 heavy (non-hydrogen) atoms. The summed E-state index contributed by atoms with van der Waals surface area (Å²) in [5, 5.41) is 8.69. The van der Waals surface area contributed by atoms with Crippen molar-refractivity contribution in [3.8, 4) is 0 Å². The van der Waals surface area contributed by atoms with Crippen molar-refractivity contribution in [3.63, 3.8) is 0 Å². The fourth-order valence-corrected chi connectivity index (χ4v) is 3.33. The minimum absolute atomic E-state index is 0.217. The molecular formula is C18H17ClN4O3. The first-order valence-electron chi connectivity index (χ1n) is 8.24. The lowest BCUT2D eigenvalue weighted by atomic mass is 10.1. The van der Waals surface area contributed by atoms with E-state index in [1.54, 1.807) is 24.3 Å². The van der Waals surface area contributed by atoms with Crippen molar-refractivity contribution in [2.45, 2.75) is 19.0 Å². The van der Waals surface area contributed by atoms with E-state index in [0.29, 0.717) is 23.9 Å². The molecule has 1 saturated heterocycles. The van der Waals surface area contributed by atoms with Gasteiger partial charge in [0.2, 0.25) is 0 Å². The number of benzene rings is 1. The van der Waals surface area contributed by atoms with Crippen molar-refractivity contribution >= 4 is 28.4 Å². The molecule has 4 rings (SSSR count). The number of aromatic amines is 1. The quantitative estimate of drug-likeness (QED) is 0.736. The molecule has 0 bridgehead atoms. The van der Waals surface area contributed by atoms with Crippen LogP contribution in [-0.2, 0) is 4.74 Å². The lowest BCUT2D eigenvalue weighted by Gasteiger charge is -2.20. The third-order valence-corrected chi connectivity index (χ3v) is 4.70. The number of hydrogen-bond donors (Lipinski definition) is 2. The van der Waals surface area contributed by atoms with Gasteiger partial charge in [0, 0.05) is 22.0 Å². The second kappa shape index (κ2) is 6.59. The molecular weight excluding hydrogens is 356 g/mol. The number of aromatic nitrogens is 3. The van der Waals surface area contributed by atoms with Crippen LogP contribution in [0.15, 0.2) is 41.2 Å². The summed E-state index contributed by atoms with van der Waals surface area (Å²) in [6, 6.07) is 9.58. The van der Waals surface area contributed by atoms with E-state index in [9.17, 15) is 9.59 Å². The van der Waals surface area contributed by atoms with Crippen molar-refractivity contribution in [1.82, 2.24) is 20.1 Å². The van der Waals surface area contributed by atoms with Crippen LogP contribution in [-0.4, -0.2) is 39.9 Å². The summed E-state index contributed by atoms with van der Waals surface area (Å²) in [6.07, 6.45) is 0. The number of rotatable bonds is 3. The largest absolute Gasteiger partial charge is 0.377 e. The number of ether oxygens (including phenoxy) is 1. The zero-order valence-corrected chi connectivity index (χ0v) is 14.8. The van der Waals surface area contributed by atoms with Gasteiger partial charge in [-0.1, -0.05) is 11.6 Å². The smallest absolute Gasteiger partial charge is 0.268 e. The topological polar surface area (TPSA) is 89.0 Å². The Bertz CT molecular complexity index is 1040. The van der Waals surface area contributed by atoms with E-state index < -0.39 is 0 Å². The first kappa shape index (κ1) is 16.8. The molecule has 7 nitrogen and oxygen atoms in total. The summed E-state index contributed by atoms with van der Waals surface area (Å²) in [4.78, 5) is 27.8. The van der Waals surface area contributed by atoms with Crippen LogP contribution in [0, 0.1) is 6.92 Å². The van der Waals surface area contributed by atoms with Gasteiger partial charge >= 0.3 is 0 Å². The number of carbonyl (C=O) groups excluding carboxylic acids is 1. The molecule has 8 heteroatoms. The predicted octanol–water partition coefficient (Wildman–Crippen LogP) is 2.06. The Morgan fingerprint density at radius 3 is 3.00 bits per heavy atom. The molecule has 2 atom stereocenters. The minimum Gasteiger partial charge on any atom is -0.377 e. The van der Waals surface area contributed by atoms with Crippen LogP contribution in [0.1, 0.15) is 22.2 Å². The van der Waals surface area contributed by atoms with Crippen LogP contribution in [0.4, 0.5) is 0 Å². The average molecular weight is 373 g/mol. The zero-order chi connectivity index (χ0) is 18.3. The van der Waals surface area contributed by atoms with Gasteiger partial charge in [-0.3, -0.25) is 9.59 Å². The van der Waals surface area contributed by atoms with Gasteiger partial charge in [0.25, 0.3) is 11.5 Å². The number of fused-ring (bicyclic) bond motifs is 1. The van der Waals surface area contributed by atoms with E-state index in [1.807, 2.05) is 13.0 Å². The van der Waals surface area contributed by atoms with Crippen molar-refractivity contribution in [2.24, 2.45) is 0 Å². The highest BCUT2D eigenvalue weighted by Crippen LogP contribution is 2.21. The van der Waals surface area contributed by atoms with Gasteiger partial charge in [-0.05, 0) is 37.3 Å². The van der Waals surface area contributed by atoms with Gasteiger partial charge < -0.3 is 15.0 Å². The summed E-state index contributed by atoms with van der Waals surface area (Å²) in [5.41, 5.74) is 1.77. The summed E-state index contributed by atoms with van der Waals surface area (Å²) >= 11 is 5.99. The molecule has 1 fully saturated rings. The molecule has 0 aliphatic carbocycles. The highest BCUT2D eigenvalue weighted by atomic mass is 35.5. The van der Waals surface area contributed by atoms with Crippen LogP contribution >= 0.6 is 11.6 Å². The van der Waals surface area contributed by atoms with Crippen molar-refractivity contribution < 1.29 is 9.53 Å². The van der Waals surface area contributed by atoms with Crippen molar-refractivity contribution in [3.05, 3.63) is 63.2 Å². The highest BCUT2D eigenvalue weighted by Gasteiger charge is 2.33. The first-order chi connectivity index (χ1) is 12.5. The van der Waals surface area contributed by atoms with Crippen LogP contribution in [0.25, 0.3) is 10.9 Å². The molecule has 3 aromatic rings. The maximum atomic E-state index is 12.6. The van der Waals surface area contributed by atoms with Crippen molar-refractivity contribution in [1.29, 1.82) is 0 Å². The number of H-pyrrole nitrogens is 1. The third kappa shape index (κ3) is 3.11. The maximum Gasteiger partial charge on any atom is 0.268 e. The SMILES string of the molecule is Cc1ccc(=O)n(C2COCC2NC(=O)c2cc3cc(Cl)ccc3[nH]2)n1. The van der Waals surface area contributed by atoms with E-state index in [1.165, 1.54) is 10.7 Å². The molecule has 3 heterocycles. The number of halogens is 1. The molecule has 1 aliphatic rings. The lowest BCUT2D eigenvalue weighted by molar-refractivity contribution is 0.0920. The second-order valence-electron chi connectivity index (χ2n) is 6.36. The molecule has 2 aromatic heterocycles. The lowest BCUT2D eigenvalue weighted by Crippen LogP contribution is -2.44. The molecule has 0 saturated carbocycles. The maximum absolute atomic E-state index is 12.6. The fraction of sp³-hybridized carbons (Fsp3) is 0.278. The predicted molar refractivity (Wildman–Crippen MR) is 97.7 cm³/mol. The summed E-state index contributed by atoms with van der Waals surface area (Å²) in [5.74, 6) is -0.265. The molecule has 1 amide bonds. The fourth-order valence-electron chi connectivity index (χ4n) is 3.15. The number of carbonyl (C=O) groups is 1. The molecule has 0 radical (unpaired) electrons. The second-order valence-corrected chi connectivity index (χ2v) is 6.79. The minimum atomic E-state index is -0.343. The van der Waals surface area contributed by atoms with E-state index in [0.717, 1.165) is 16.6 Å². The number of aryl methyl sites for hydroxylation is 1. The van der Waals surface area contributed by atoms with E-state index in [2.05, 4.69) is 15.4 Å². The monoisotopic (exact) mass is 372 g/mol. The van der Waals surface area contributed by atoms with Crippen LogP contribution in [0.2, 0.25) is 5.02 Å². The highest BCUT2D eigenvalue weighted by molar-refractivity contribution is 6.31. The Morgan fingerprint density at radius 2 is 2.15 bits per heavy atom. The van der Waals surface area contributed by atoms with Gasteiger partial charge in [-0.25, -0.2) is 4.68 Å². The standard InChI is InChI=1S/C18H17ClN4O3/c1-10-2-5-17(24)23(22-10)16-9-26-8-15(16)21-18(25)14-7-11-6-12(19)3-4-13(11)20-14/h2-7,15-16,20H,8-9H2,1H3,(H,21,25). The van der Waals surface area contributed by atoms with Crippen LogP contribution in [0.3, 0.4) is 0 Å². The Kier molecular flexibility index (Phi) is 4.26. The Balaban J connectivity index is 1.57. The summed E-state index contributed by atoms with van der Waals surface area (Å²) in [7, 11) is 0. The molecule has 2 N–H and O–H groups in total. The van der Waals surface area contributed by atoms with E-state index in [4.69, 9.17) is 16.3 Å². The molecule has 2 unspecified atom stereocenters. The summed E-state index contributed by atoms with van der Waals surface area (Å²) < 4.78 is 6.88. The molecule has 1 aromatic carbocycles.